The van der Waals surface area contributed by atoms with Gasteiger partial charge < -0.3 is 15.0 Å². The van der Waals surface area contributed by atoms with Crippen molar-refractivity contribution in [3.8, 4) is 5.88 Å². The maximum atomic E-state index is 12.1. The Bertz CT molecular complexity index is 584. The first-order chi connectivity index (χ1) is 9.99. The number of alkyl halides is 3. The number of anilines is 1. The maximum Gasteiger partial charge on any atom is 0.389 e. The van der Waals surface area contributed by atoms with E-state index in [1.807, 2.05) is 6.92 Å². The fourth-order valence-corrected chi connectivity index (χ4v) is 1.67. The molecule has 0 aliphatic heterocycles. The number of nitrogens with zero attached hydrogens (tertiary/aromatic N) is 3. The summed E-state index contributed by atoms with van der Waals surface area (Å²) in [6, 6.07) is 0. The van der Waals surface area contributed by atoms with E-state index < -0.39 is 12.6 Å². The third-order valence-electron chi connectivity index (χ3n) is 2.63. The number of H-pyrrole nitrogens is 1. The highest BCUT2D eigenvalue weighted by Crippen LogP contribution is 2.23. The van der Waals surface area contributed by atoms with Gasteiger partial charge in [0.15, 0.2) is 5.65 Å². The molecule has 0 aliphatic carbocycles. The fourth-order valence-electron chi connectivity index (χ4n) is 1.67. The number of nitrogens with one attached hydrogen (secondary N) is 2. The van der Waals surface area contributed by atoms with E-state index in [2.05, 4.69) is 25.3 Å². The van der Waals surface area contributed by atoms with Gasteiger partial charge in [0.1, 0.15) is 5.52 Å². The van der Waals surface area contributed by atoms with Crippen molar-refractivity contribution in [2.45, 2.75) is 32.4 Å². The van der Waals surface area contributed by atoms with Gasteiger partial charge in [0, 0.05) is 13.0 Å². The Morgan fingerprint density at radius 1 is 1.33 bits per heavy atom. The lowest BCUT2D eigenvalue weighted by Gasteiger charge is -2.09. The van der Waals surface area contributed by atoms with Gasteiger partial charge in [-0.15, -0.1) is 0 Å². The van der Waals surface area contributed by atoms with Crippen molar-refractivity contribution in [3.63, 3.8) is 0 Å². The molecule has 0 spiro atoms. The Kier molecular flexibility index (Phi) is 4.81. The second-order valence-electron chi connectivity index (χ2n) is 4.45. The van der Waals surface area contributed by atoms with Crippen molar-refractivity contribution >= 4 is 17.1 Å². The van der Waals surface area contributed by atoms with E-state index in [1.54, 1.807) is 0 Å². The van der Waals surface area contributed by atoms with Crippen molar-refractivity contribution in [1.29, 1.82) is 0 Å². The Morgan fingerprint density at radius 3 is 2.86 bits per heavy atom. The summed E-state index contributed by atoms with van der Waals surface area (Å²) in [4.78, 5) is 15.2. The molecule has 2 rings (SSSR count). The third-order valence-corrected chi connectivity index (χ3v) is 2.63. The molecule has 0 aromatic carbocycles. The Morgan fingerprint density at radius 2 is 2.14 bits per heavy atom. The van der Waals surface area contributed by atoms with Gasteiger partial charge in [-0.3, -0.25) is 0 Å². The highest BCUT2D eigenvalue weighted by atomic mass is 19.4. The normalized spacial score (nSPS) is 11.8. The number of aromatic nitrogens is 4. The van der Waals surface area contributed by atoms with E-state index in [1.165, 1.54) is 6.33 Å². The standard InChI is InChI=1S/C12H16F3N5O/c1-2-5-16-11-19-9-8(17-7-18-9)10(20-11)21-6-3-4-12(13,14)15/h7H,2-6H2,1H3,(H2,16,17,18,19,20). The first-order valence-electron chi connectivity index (χ1n) is 6.64. The van der Waals surface area contributed by atoms with E-state index in [4.69, 9.17) is 4.74 Å². The Balaban J connectivity index is 2.04. The van der Waals surface area contributed by atoms with E-state index in [-0.39, 0.29) is 18.9 Å². The first-order valence-corrected chi connectivity index (χ1v) is 6.64. The number of hydrogen-bond acceptors (Lipinski definition) is 5. The summed E-state index contributed by atoms with van der Waals surface area (Å²) >= 11 is 0. The molecular formula is C12H16F3N5O. The van der Waals surface area contributed by atoms with Gasteiger partial charge >= 0.3 is 6.18 Å². The lowest BCUT2D eigenvalue weighted by molar-refractivity contribution is -0.136. The molecule has 0 saturated carbocycles. The number of rotatable bonds is 7. The molecule has 116 valence electrons. The second-order valence-corrected chi connectivity index (χ2v) is 4.45. The highest BCUT2D eigenvalue weighted by molar-refractivity contribution is 5.76. The van der Waals surface area contributed by atoms with Crippen LogP contribution in [0.1, 0.15) is 26.2 Å². The van der Waals surface area contributed by atoms with Crippen LogP contribution in [0, 0.1) is 0 Å². The second kappa shape index (κ2) is 6.59. The minimum Gasteiger partial charge on any atom is -0.476 e. The number of aromatic amines is 1. The summed E-state index contributed by atoms with van der Waals surface area (Å²) in [5, 5.41) is 3.00. The monoisotopic (exact) mass is 303 g/mol. The average molecular weight is 303 g/mol. The van der Waals surface area contributed by atoms with E-state index >= 15 is 0 Å². The van der Waals surface area contributed by atoms with Crippen LogP contribution in [0.5, 0.6) is 5.88 Å². The van der Waals surface area contributed by atoms with Gasteiger partial charge in [-0.25, -0.2) is 4.98 Å². The topological polar surface area (TPSA) is 75.7 Å². The van der Waals surface area contributed by atoms with Gasteiger partial charge in [0.25, 0.3) is 0 Å². The highest BCUT2D eigenvalue weighted by Gasteiger charge is 2.26. The Labute approximate surface area is 119 Å². The molecular weight excluding hydrogens is 287 g/mol. The number of ether oxygens (including phenoxy) is 1. The van der Waals surface area contributed by atoms with Gasteiger partial charge in [-0.2, -0.15) is 23.1 Å². The average Bonchev–Trinajstić information content (AvgIpc) is 2.88. The van der Waals surface area contributed by atoms with Crippen LogP contribution < -0.4 is 10.1 Å². The van der Waals surface area contributed by atoms with E-state index in [0.717, 1.165) is 6.42 Å². The van der Waals surface area contributed by atoms with Crippen LogP contribution in [0.3, 0.4) is 0 Å². The van der Waals surface area contributed by atoms with Crippen molar-refractivity contribution in [2.24, 2.45) is 0 Å². The molecule has 2 heterocycles. The molecule has 0 fully saturated rings. The Hall–Kier alpha value is -2.06. The summed E-state index contributed by atoms with van der Waals surface area (Å²) in [5.41, 5.74) is 0.887. The summed E-state index contributed by atoms with van der Waals surface area (Å²) in [6.45, 7) is 2.61. The zero-order valence-corrected chi connectivity index (χ0v) is 11.5. The minimum atomic E-state index is -4.17. The molecule has 6 nitrogen and oxygen atoms in total. The molecule has 0 radical (unpaired) electrons. The number of fused-ring (bicyclic) bond motifs is 1. The largest absolute Gasteiger partial charge is 0.476 e. The van der Waals surface area contributed by atoms with E-state index in [0.29, 0.717) is 23.7 Å². The molecule has 0 unspecified atom stereocenters. The van der Waals surface area contributed by atoms with Gasteiger partial charge in [-0.05, 0) is 12.8 Å². The van der Waals surface area contributed by atoms with Crippen molar-refractivity contribution in [3.05, 3.63) is 6.33 Å². The summed E-state index contributed by atoms with van der Waals surface area (Å²) < 4.78 is 41.6. The van der Waals surface area contributed by atoms with Crippen LogP contribution in [0.15, 0.2) is 6.33 Å². The molecule has 2 aromatic rings. The van der Waals surface area contributed by atoms with Crippen molar-refractivity contribution in [1.82, 2.24) is 19.9 Å². The molecule has 2 N–H and O–H groups in total. The quantitative estimate of drug-likeness (QED) is 0.769. The zero-order valence-electron chi connectivity index (χ0n) is 11.5. The SMILES string of the molecule is CCCNc1nc(OCCCC(F)(F)F)c2[nH]cnc2n1. The lowest BCUT2D eigenvalue weighted by atomic mass is 10.3. The zero-order chi connectivity index (χ0) is 15.3. The molecule has 2 aromatic heterocycles. The third kappa shape index (κ3) is 4.47. The number of hydrogen-bond donors (Lipinski definition) is 2. The van der Waals surface area contributed by atoms with Crippen LogP contribution in [-0.2, 0) is 0 Å². The molecule has 21 heavy (non-hydrogen) atoms. The molecule has 0 saturated heterocycles. The maximum absolute atomic E-state index is 12.1. The molecule has 0 aliphatic rings. The summed E-state index contributed by atoms with van der Waals surface area (Å²) in [7, 11) is 0. The van der Waals surface area contributed by atoms with Crippen LogP contribution in [-0.4, -0.2) is 39.3 Å². The van der Waals surface area contributed by atoms with Gasteiger partial charge in [0.2, 0.25) is 11.8 Å². The summed E-state index contributed by atoms with van der Waals surface area (Å²) in [6.07, 6.45) is -2.85. The number of imidazole rings is 1. The molecule has 0 atom stereocenters. The minimum absolute atomic E-state index is 0.0716. The van der Waals surface area contributed by atoms with E-state index in [9.17, 15) is 13.2 Å². The predicted molar refractivity (Wildman–Crippen MR) is 71.2 cm³/mol. The lowest BCUT2D eigenvalue weighted by Crippen LogP contribution is -2.11. The van der Waals surface area contributed by atoms with Crippen molar-refractivity contribution < 1.29 is 17.9 Å². The molecule has 9 heteroatoms. The van der Waals surface area contributed by atoms with Crippen LogP contribution in [0.4, 0.5) is 19.1 Å². The smallest absolute Gasteiger partial charge is 0.389 e. The first kappa shape index (κ1) is 15.3. The predicted octanol–water partition coefficient (Wildman–Crippen LogP) is 2.90. The van der Waals surface area contributed by atoms with Crippen LogP contribution in [0.2, 0.25) is 0 Å². The van der Waals surface area contributed by atoms with Gasteiger partial charge in [-0.1, -0.05) is 6.92 Å². The van der Waals surface area contributed by atoms with Crippen LogP contribution >= 0.6 is 0 Å². The molecule has 0 bridgehead atoms. The fraction of sp³-hybridized carbons (Fsp3) is 0.583. The molecule has 0 amide bonds. The summed E-state index contributed by atoms with van der Waals surface area (Å²) in [5.74, 6) is 0.556. The van der Waals surface area contributed by atoms with Gasteiger partial charge in [0.05, 0.1) is 12.9 Å². The number of halogens is 3. The van der Waals surface area contributed by atoms with Crippen LogP contribution in [0.25, 0.3) is 11.2 Å². The van der Waals surface area contributed by atoms with Crippen molar-refractivity contribution in [2.75, 3.05) is 18.5 Å².